The van der Waals surface area contributed by atoms with Crippen LogP contribution in [0.15, 0.2) is 36.4 Å². The van der Waals surface area contributed by atoms with E-state index in [0.717, 1.165) is 28.3 Å². The van der Waals surface area contributed by atoms with E-state index < -0.39 is 0 Å². The molecular formula is C17H23N3O. The molecule has 3 N–H and O–H groups in total. The normalized spacial score (nSPS) is 12.5. The highest BCUT2D eigenvalue weighted by Crippen LogP contribution is 2.26. The van der Waals surface area contributed by atoms with Crippen LogP contribution >= 0.6 is 0 Å². The topological polar surface area (TPSA) is 60.2 Å². The fraction of sp³-hybridized carbons (Fsp3) is 0.353. The number of rotatable bonds is 5. The number of nitrogens with one attached hydrogen (secondary N) is 1. The van der Waals surface area contributed by atoms with Gasteiger partial charge in [0.25, 0.3) is 0 Å². The van der Waals surface area contributed by atoms with Crippen molar-refractivity contribution in [2.45, 2.75) is 39.8 Å². The van der Waals surface area contributed by atoms with Crippen LogP contribution in [0, 0.1) is 13.8 Å². The van der Waals surface area contributed by atoms with Crippen molar-refractivity contribution in [3.8, 4) is 5.75 Å². The van der Waals surface area contributed by atoms with Gasteiger partial charge in [-0.15, -0.1) is 0 Å². The summed E-state index contributed by atoms with van der Waals surface area (Å²) in [6, 6.07) is 12.0. The summed E-state index contributed by atoms with van der Waals surface area (Å²) in [5.74, 6) is 6.62. The van der Waals surface area contributed by atoms with Crippen molar-refractivity contribution in [3.05, 3.63) is 58.9 Å². The van der Waals surface area contributed by atoms with Crippen LogP contribution in [0.25, 0.3) is 0 Å². The molecule has 0 radical (unpaired) electrons. The molecule has 21 heavy (non-hydrogen) atoms. The quantitative estimate of drug-likeness (QED) is 0.655. The van der Waals surface area contributed by atoms with Gasteiger partial charge in [-0.25, -0.2) is 5.43 Å². The Balaban J connectivity index is 2.37. The zero-order valence-electron chi connectivity index (χ0n) is 13.1. The van der Waals surface area contributed by atoms with Crippen LogP contribution in [0.3, 0.4) is 0 Å². The Morgan fingerprint density at radius 3 is 2.52 bits per heavy atom. The molecule has 1 unspecified atom stereocenters. The number of hydrogen-bond donors (Lipinski definition) is 2. The third-order valence-electron chi connectivity index (χ3n) is 3.31. The SMILES string of the molecule is Cc1ccc(C(NN)c2cccc(OC(C)C)c2)c(C)n1. The molecule has 1 heterocycles. The minimum absolute atomic E-state index is 0.103. The average Bonchev–Trinajstić information content (AvgIpc) is 2.41. The second-order valence-electron chi connectivity index (χ2n) is 5.47. The minimum Gasteiger partial charge on any atom is -0.491 e. The first kappa shape index (κ1) is 15.5. The molecule has 0 aliphatic carbocycles. The van der Waals surface area contributed by atoms with Crippen LogP contribution < -0.4 is 16.0 Å². The van der Waals surface area contributed by atoms with Gasteiger partial charge in [0.05, 0.1) is 12.1 Å². The first-order chi connectivity index (χ1) is 10.0. The number of nitrogens with zero attached hydrogens (tertiary/aromatic N) is 1. The molecule has 2 rings (SSSR count). The number of benzene rings is 1. The zero-order valence-corrected chi connectivity index (χ0v) is 13.1. The molecule has 1 aromatic heterocycles. The molecule has 0 aliphatic heterocycles. The van der Waals surface area contributed by atoms with Crippen LogP contribution in [0.1, 0.15) is 42.4 Å². The van der Waals surface area contributed by atoms with Crippen molar-refractivity contribution in [1.29, 1.82) is 0 Å². The van der Waals surface area contributed by atoms with Gasteiger partial charge in [-0.3, -0.25) is 10.8 Å². The second kappa shape index (κ2) is 6.70. The van der Waals surface area contributed by atoms with Gasteiger partial charge < -0.3 is 4.74 Å². The van der Waals surface area contributed by atoms with E-state index in [-0.39, 0.29) is 12.1 Å². The predicted molar refractivity (Wildman–Crippen MR) is 85.1 cm³/mol. The van der Waals surface area contributed by atoms with Crippen LogP contribution in [0.5, 0.6) is 5.75 Å². The first-order valence-electron chi connectivity index (χ1n) is 7.18. The van der Waals surface area contributed by atoms with Gasteiger partial charge in [-0.05, 0) is 57.0 Å². The zero-order chi connectivity index (χ0) is 15.4. The molecule has 0 spiro atoms. The van der Waals surface area contributed by atoms with Crippen LogP contribution in [-0.4, -0.2) is 11.1 Å². The fourth-order valence-corrected chi connectivity index (χ4v) is 2.41. The number of hydrazine groups is 1. The van der Waals surface area contributed by atoms with E-state index in [1.165, 1.54) is 0 Å². The summed E-state index contributed by atoms with van der Waals surface area (Å²) in [4.78, 5) is 4.51. The van der Waals surface area contributed by atoms with Crippen molar-refractivity contribution in [3.63, 3.8) is 0 Å². The maximum absolute atomic E-state index is 5.78. The highest BCUT2D eigenvalue weighted by atomic mass is 16.5. The van der Waals surface area contributed by atoms with E-state index in [9.17, 15) is 0 Å². The van der Waals surface area contributed by atoms with Crippen molar-refractivity contribution in [1.82, 2.24) is 10.4 Å². The van der Waals surface area contributed by atoms with E-state index in [0.29, 0.717) is 0 Å². The van der Waals surface area contributed by atoms with Gasteiger partial charge in [0.1, 0.15) is 5.75 Å². The first-order valence-corrected chi connectivity index (χ1v) is 7.18. The third-order valence-corrected chi connectivity index (χ3v) is 3.31. The van der Waals surface area contributed by atoms with Gasteiger partial charge in [0.15, 0.2) is 0 Å². The Hall–Kier alpha value is -1.91. The molecule has 0 bridgehead atoms. The summed E-state index contributed by atoms with van der Waals surface area (Å²) in [5, 5.41) is 0. The summed E-state index contributed by atoms with van der Waals surface area (Å²) < 4.78 is 5.75. The molecular weight excluding hydrogens is 262 g/mol. The van der Waals surface area contributed by atoms with Crippen LogP contribution in [0.2, 0.25) is 0 Å². The molecule has 112 valence electrons. The number of pyridine rings is 1. The highest BCUT2D eigenvalue weighted by Gasteiger charge is 2.16. The molecule has 0 saturated carbocycles. The van der Waals surface area contributed by atoms with E-state index in [1.807, 2.05) is 58.0 Å². The summed E-state index contributed by atoms with van der Waals surface area (Å²) in [5.41, 5.74) is 7.00. The monoisotopic (exact) mass is 285 g/mol. The summed E-state index contributed by atoms with van der Waals surface area (Å²) in [7, 11) is 0. The smallest absolute Gasteiger partial charge is 0.120 e. The lowest BCUT2D eigenvalue weighted by Crippen LogP contribution is -2.29. The summed E-state index contributed by atoms with van der Waals surface area (Å²) >= 11 is 0. The molecule has 0 fully saturated rings. The number of aromatic nitrogens is 1. The van der Waals surface area contributed by atoms with Gasteiger partial charge in [-0.2, -0.15) is 0 Å². The molecule has 0 saturated heterocycles. The standard InChI is InChI=1S/C17H23N3O/c1-11(2)21-15-7-5-6-14(10-15)17(20-18)16-9-8-12(3)19-13(16)4/h5-11,17,20H,18H2,1-4H3. The highest BCUT2D eigenvalue weighted by molar-refractivity contribution is 5.38. The minimum atomic E-state index is -0.103. The average molecular weight is 285 g/mol. The van der Waals surface area contributed by atoms with Crippen LogP contribution in [0.4, 0.5) is 0 Å². The lowest BCUT2D eigenvalue weighted by Gasteiger charge is -2.20. The van der Waals surface area contributed by atoms with Crippen molar-refractivity contribution < 1.29 is 4.74 Å². The molecule has 4 nitrogen and oxygen atoms in total. The number of nitrogens with two attached hydrogens (primary N) is 1. The summed E-state index contributed by atoms with van der Waals surface area (Å²) in [6.07, 6.45) is 0.146. The van der Waals surface area contributed by atoms with Gasteiger partial charge in [0, 0.05) is 11.4 Å². The molecule has 1 atom stereocenters. The van der Waals surface area contributed by atoms with E-state index in [4.69, 9.17) is 10.6 Å². The van der Waals surface area contributed by atoms with E-state index in [1.54, 1.807) is 0 Å². The Kier molecular flexibility index (Phi) is 4.94. The second-order valence-corrected chi connectivity index (χ2v) is 5.47. The molecule has 0 amide bonds. The lowest BCUT2D eigenvalue weighted by molar-refractivity contribution is 0.242. The molecule has 1 aromatic carbocycles. The van der Waals surface area contributed by atoms with Crippen molar-refractivity contribution in [2.24, 2.45) is 5.84 Å². The molecule has 0 aliphatic rings. The fourth-order valence-electron chi connectivity index (χ4n) is 2.41. The van der Waals surface area contributed by atoms with Gasteiger partial charge in [-0.1, -0.05) is 18.2 Å². The predicted octanol–water partition coefficient (Wildman–Crippen LogP) is 3.04. The van der Waals surface area contributed by atoms with Crippen molar-refractivity contribution in [2.75, 3.05) is 0 Å². The van der Waals surface area contributed by atoms with Gasteiger partial charge in [0.2, 0.25) is 0 Å². The summed E-state index contributed by atoms with van der Waals surface area (Å²) in [6.45, 7) is 8.01. The number of hydrogen-bond acceptors (Lipinski definition) is 4. The Labute approximate surface area is 126 Å². The maximum atomic E-state index is 5.78. The Bertz CT molecular complexity index is 611. The van der Waals surface area contributed by atoms with E-state index in [2.05, 4.69) is 16.5 Å². The lowest BCUT2D eigenvalue weighted by atomic mass is 9.97. The molecule has 4 heteroatoms. The third kappa shape index (κ3) is 3.80. The van der Waals surface area contributed by atoms with E-state index >= 15 is 0 Å². The number of aryl methyl sites for hydroxylation is 2. The van der Waals surface area contributed by atoms with Crippen molar-refractivity contribution >= 4 is 0 Å². The molecule has 2 aromatic rings. The van der Waals surface area contributed by atoms with Gasteiger partial charge >= 0.3 is 0 Å². The van der Waals surface area contributed by atoms with Crippen LogP contribution in [-0.2, 0) is 0 Å². The Morgan fingerprint density at radius 2 is 1.90 bits per heavy atom. The largest absolute Gasteiger partial charge is 0.491 e. The maximum Gasteiger partial charge on any atom is 0.120 e. The number of ether oxygens (including phenoxy) is 1. The Morgan fingerprint density at radius 1 is 1.14 bits per heavy atom.